The Balaban J connectivity index is 1.60. The number of furan rings is 1. The lowest BCUT2D eigenvalue weighted by Gasteiger charge is -2.14. The van der Waals surface area contributed by atoms with Gasteiger partial charge in [0.25, 0.3) is 5.90 Å². The predicted molar refractivity (Wildman–Crippen MR) is 123 cm³/mol. The lowest BCUT2D eigenvalue weighted by Crippen LogP contribution is -2.04. The largest absolute Gasteiger partial charge is 0.493 e. The summed E-state index contributed by atoms with van der Waals surface area (Å²) < 4.78 is 23.7. The van der Waals surface area contributed by atoms with Gasteiger partial charge in [-0.25, -0.2) is 9.79 Å². The first kappa shape index (κ1) is 20.7. The van der Waals surface area contributed by atoms with E-state index < -0.39 is 5.97 Å². The summed E-state index contributed by atoms with van der Waals surface area (Å²) in [6.07, 6.45) is 3.11. The standard InChI is InChI=1S/C22H15BrINO5/c1-27-19-11-13(10-17-22(26)30-21(25-17)18-7-4-8-28-18)9-15(23)20(19)29-12-14-5-2-3-6-16(14)24/h2-11H,12H2,1H3/b17-10-. The first-order chi connectivity index (χ1) is 14.5. The summed E-state index contributed by atoms with van der Waals surface area (Å²) >= 11 is 5.81. The van der Waals surface area contributed by atoms with Gasteiger partial charge >= 0.3 is 5.97 Å². The minimum absolute atomic E-state index is 0.139. The molecule has 0 unspecified atom stereocenters. The predicted octanol–water partition coefficient (Wildman–Crippen LogP) is 5.58. The maximum atomic E-state index is 12.2. The SMILES string of the molecule is COc1cc(/C=C2\N=C(c3ccco3)OC2=O)cc(Br)c1OCc1ccccc1I. The first-order valence-electron chi connectivity index (χ1n) is 8.85. The van der Waals surface area contributed by atoms with Gasteiger partial charge < -0.3 is 18.6 Å². The van der Waals surface area contributed by atoms with Crippen molar-refractivity contribution in [2.45, 2.75) is 6.61 Å². The van der Waals surface area contributed by atoms with Crippen molar-refractivity contribution in [2.75, 3.05) is 7.11 Å². The molecule has 0 N–H and O–H groups in total. The number of rotatable bonds is 6. The van der Waals surface area contributed by atoms with E-state index in [4.69, 9.17) is 18.6 Å². The topological polar surface area (TPSA) is 70.3 Å². The maximum absolute atomic E-state index is 12.2. The Kier molecular flexibility index (Phi) is 6.24. The van der Waals surface area contributed by atoms with Crippen molar-refractivity contribution in [3.63, 3.8) is 0 Å². The van der Waals surface area contributed by atoms with Gasteiger partial charge in [-0.1, -0.05) is 18.2 Å². The highest BCUT2D eigenvalue weighted by molar-refractivity contribution is 14.1. The second-order valence-corrected chi connectivity index (χ2v) is 8.24. The van der Waals surface area contributed by atoms with Crippen LogP contribution in [0.1, 0.15) is 16.9 Å². The molecule has 0 bridgehead atoms. The van der Waals surface area contributed by atoms with Crippen LogP contribution in [-0.4, -0.2) is 19.0 Å². The average Bonchev–Trinajstić information content (AvgIpc) is 3.38. The number of hydrogen-bond donors (Lipinski definition) is 0. The van der Waals surface area contributed by atoms with E-state index in [2.05, 4.69) is 43.5 Å². The van der Waals surface area contributed by atoms with Crippen LogP contribution in [0.3, 0.4) is 0 Å². The molecular formula is C22H15BrINO5. The van der Waals surface area contributed by atoms with Crippen molar-refractivity contribution in [3.05, 3.63) is 85.4 Å². The zero-order chi connectivity index (χ0) is 21.1. The Morgan fingerprint density at radius 3 is 2.77 bits per heavy atom. The number of carbonyl (C=O) groups excluding carboxylic acids is 1. The number of nitrogens with zero attached hydrogens (tertiary/aromatic N) is 1. The van der Waals surface area contributed by atoms with E-state index >= 15 is 0 Å². The molecule has 1 aliphatic rings. The van der Waals surface area contributed by atoms with Crippen LogP contribution < -0.4 is 9.47 Å². The molecule has 0 amide bonds. The second kappa shape index (κ2) is 9.05. The number of ether oxygens (including phenoxy) is 3. The molecule has 2 heterocycles. The van der Waals surface area contributed by atoms with Gasteiger partial charge in [-0.2, -0.15) is 0 Å². The van der Waals surface area contributed by atoms with Crippen LogP contribution in [0, 0.1) is 3.57 Å². The third-order valence-corrected chi connectivity index (χ3v) is 5.88. The minimum atomic E-state index is -0.546. The lowest BCUT2D eigenvalue weighted by atomic mass is 10.1. The van der Waals surface area contributed by atoms with Gasteiger partial charge in [-0.05, 0) is 80.5 Å². The monoisotopic (exact) mass is 579 g/mol. The highest BCUT2D eigenvalue weighted by atomic mass is 127. The number of benzene rings is 2. The summed E-state index contributed by atoms with van der Waals surface area (Å²) in [5.41, 5.74) is 1.95. The number of aliphatic imine (C=N–C) groups is 1. The number of carbonyl (C=O) groups is 1. The lowest BCUT2D eigenvalue weighted by molar-refractivity contribution is -0.130. The van der Waals surface area contributed by atoms with Crippen molar-refractivity contribution >= 4 is 56.5 Å². The molecule has 0 fully saturated rings. The van der Waals surface area contributed by atoms with Crippen molar-refractivity contribution in [1.29, 1.82) is 0 Å². The Morgan fingerprint density at radius 2 is 2.03 bits per heavy atom. The van der Waals surface area contributed by atoms with E-state index in [1.807, 2.05) is 30.3 Å². The molecule has 8 heteroatoms. The molecule has 30 heavy (non-hydrogen) atoms. The third-order valence-electron chi connectivity index (χ3n) is 4.24. The van der Waals surface area contributed by atoms with E-state index in [9.17, 15) is 4.79 Å². The van der Waals surface area contributed by atoms with Crippen LogP contribution >= 0.6 is 38.5 Å². The molecule has 0 atom stereocenters. The van der Waals surface area contributed by atoms with Gasteiger partial charge in [0.2, 0.25) is 0 Å². The highest BCUT2D eigenvalue weighted by Gasteiger charge is 2.26. The van der Waals surface area contributed by atoms with Crippen molar-refractivity contribution < 1.29 is 23.4 Å². The van der Waals surface area contributed by atoms with Gasteiger partial charge in [0.05, 0.1) is 17.8 Å². The third kappa shape index (κ3) is 4.44. The van der Waals surface area contributed by atoms with Gasteiger partial charge in [0, 0.05) is 9.13 Å². The van der Waals surface area contributed by atoms with Crippen LogP contribution in [0.2, 0.25) is 0 Å². The van der Waals surface area contributed by atoms with Crippen LogP contribution in [0.25, 0.3) is 6.08 Å². The van der Waals surface area contributed by atoms with E-state index in [1.165, 1.54) is 6.26 Å². The number of esters is 1. The number of methoxy groups -OCH3 is 1. The smallest absolute Gasteiger partial charge is 0.363 e. The zero-order valence-corrected chi connectivity index (χ0v) is 19.5. The van der Waals surface area contributed by atoms with Gasteiger partial charge in [-0.15, -0.1) is 0 Å². The summed E-state index contributed by atoms with van der Waals surface area (Å²) in [4.78, 5) is 16.4. The number of hydrogen-bond acceptors (Lipinski definition) is 6. The van der Waals surface area contributed by atoms with Crippen LogP contribution in [0.4, 0.5) is 0 Å². The molecule has 2 aromatic carbocycles. The fourth-order valence-corrected chi connectivity index (χ4v) is 3.92. The summed E-state index contributed by atoms with van der Waals surface area (Å²) in [7, 11) is 1.56. The van der Waals surface area contributed by atoms with Crippen LogP contribution in [-0.2, 0) is 16.1 Å². The van der Waals surface area contributed by atoms with E-state index in [-0.39, 0.29) is 11.6 Å². The zero-order valence-electron chi connectivity index (χ0n) is 15.7. The first-order valence-corrected chi connectivity index (χ1v) is 10.7. The van der Waals surface area contributed by atoms with E-state index in [0.717, 1.165) is 9.13 Å². The molecule has 0 radical (unpaired) electrons. The summed E-state index contributed by atoms with van der Waals surface area (Å²) in [5.74, 6) is 1.09. The molecule has 152 valence electrons. The molecule has 1 aromatic heterocycles. The molecular weight excluding hydrogens is 565 g/mol. The Morgan fingerprint density at radius 1 is 1.20 bits per heavy atom. The van der Waals surface area contributed by atoms with Crippen molar-refractivity contribution in [1.82, 2.24) is 0 Å². The second-order valence-electron chi connectivity index (χ2n) is 6.23. The average molecular weight is 580 g/mol. The molecule has 1 aliphatic heterocycles. The maximum Gasteiger partial charge on any atom is 0.363 e. The van der Waals surface area contributed by atoms with Crippen LogP contribution in [0.5, 0.6) is 11.5 Å². The molecule has 4 rings (SSSR count). The fourth-order valence-electron chi connectivity index (χ4n) is 2.80. The van der Waals surface area contributed by atoms with Crippen molar-refractivity contribution in [2.24, 2.45) is 4.99 Å². The van der Waals surface area contributed by atoms with Crippen LogP contribution in [0.15, 0.2) is 74.4 Å². The Hall–Kier alpha value is -2.59. The van der Waals surface area contributed by atoms with Gasteiger partial charge in [-0.3, -0.25) is 0 Å². The number of cyclic esters (lactones) is 1. The molecule has 0 aliphatic carbocycles. The number of halogens is 2. The Bertz CT molecular complexity index is 1150. The van der Waals surface area contributed by atoms with Crippen molar-refractivity contribution in [3.8, 4) is 11.5 Å². The Labute approximate surface area is 194 Å². The van der Waals surface area contributed by atoms with E-state index in [1.54, 1.807) is 31.4 Å². The quantitative estimate of drug-likeness (QED) is 0.217. The van der Waals surface area contributed by atoms with Gasteiger partial charge in [0.15, 0.2) is 23.0 Å². The molecule has 6 nitrogen and oxygen atoms in total. The molecule has 0 saturated heterocycles. The summed E-state index contributed by atoms with van der Waals surface area (Å²) in [6, 6.07) is 15.0. The molecule has 3 aromatic rings. The molecule has 0 saturated carbocycles. The highest BCUT2D eigenvalue weighted by Crippen LogP contribution is 2.38. The van der Waals surface area contributed by atoms with E-state index in [0.29, 0.717) is 33.9 Å². The minimum Gasteiger partial charge on any atom is -0.493 e. The van der Waals surface area contributed by atoms with Gasteiger partial charge in [0.1, 0.15) is 6.61 Å². The fraction of sp³-hybridized carbons (Fsp3) is 0.0909. The normalized spacial score (nSPS) is 14.6. The molecule has 0 spiro atoms. The summed E-state index contributed by atoms with van der Waals surface area (Å²) in [5, 5.41) is 0. The summed E-state index contributed by atoms with van der Waals surface area (Å²) in [6.45, 7) is 0.400.